The van der Waals surface area contributed by atoms with Crippen molar-refractivity contribution in [2.24, 2.45) is 5.92 Å². The third-order valence-electron chi connectivity index (χ3n) is 5.61. The van der Waals surface area contributed by atoms with Gasteiger partial charge < -0.3 is 15.0 Å². The number of methoxy groups -OCH3 is 1. The van der Waals surface area contributed by atoms with E-state index in [1.54, 1.807) is 48.4 Å². The maximum Gasteiger partial charge on any atom is 0.229 e. The number of nitrogens with one attached hydrogen (secondary N) is 1. The number of ether oxygens (including phenoxy) is 1. The van der Waals surface area contributed by atoms with E-state index in [-0.39, 0.29) is 18.2 Å². The average molecular weight is 436 g/mol. The molecule has 1 aliphatic heterocycles. The van der Waals surface area contributed by atoms with Gasteiger partial charge in [-0.25, -0.2) is 8.78 Å². The van der Waals surface area contributed by atoms with Gasteiger partial charge in [0.05, 0.1) is 19.1 Å². The Labute approximate surface area is 184 Å². The highest BCUT2D eigenvalue weighted by Gasteiger charge is 2.41. The van der Waals surface area contributed by atoms with Crippen LogP contribution in [0.15, 0.2) is 72.8 Å². The smallest absolute Gasteiger partial charge is 0.229 e. The molecule has 3 aromatic rings. The van der Waals surface area contributed by atoms with Crippen LogP contribution in [-0.4, -0.2) is 18.9 Å². The number of carbonyl (C=O) groups excluding carboxylic acids is 2. The predicted molar refractivity (Wildman–Crippen MR) is 117 cm³/mol. The Hall–Kier alpha value is -3.74. The number of nitrogens with zero attached hydrogens (tertiary/aromatic N) is 1. The van der Waals surface area contributed by atoms with Gasteiger partial charge in [0.15, 0.2) is 0 Å². The summed E-state index contributed by atoms with van der Waals surface area (Å²) in [5, 5.41) is 2.82. The van der Waals surface area contributed by atoms with Crippen LogP contribution in [0.2, 0.25) is 0 Å². The first-order valence-corrected chi connectivity index (χ1v) is 10.2. The zero-order valence-corrected chi connectivity index (χ0v) is 17.4. The van der Waals surface area contributed by atoms with E-state index in [2.05, 4.69) is 5.32 Å². The lowest BCUT2D eigenvalue weighted by Gasteiger charge is -2.41. The quantitative estimate of drug-likeness (QED) is 0.606. The molecule has 2 amide bonds. The van der Waals surface area contributed by atoms with Crippen LogP contribution in [0.1, 0.15) is 24.4 Å². The Balaban J connectivity index is 1.72. The van der Waals surface area contributed by atoms with Crippen molar-refractivity contribution >= 4 is 23.2 Å². The van der Waals surface area contributed by atoms with E-state index in [1.807, 2.05) is 0 Å². The molecule has 32 heavy (non-hydrogen) atoms. The molecule has 1 N–H and O–H groups in total. The van der Waals surface area contributed by atoms with Crippen molar-refractivity contribution in [3.8, 4) is 5.75 Å². The zero-order valence-electron chi connectivity index (χ0n) is 17.4. The number of hydrogen-bond donors (Lipinski definition) is 1. The highest BCUT2D eigenvalue weighted by Crippen LogP contribution is 2.41. The molecule has 164 valence electrons. The second kappa shape index (κ2) is 9.18. The lowest BCUT2D eigenvalue weighted by molar-refractivity contribution is -0.125. The monoisotopic (exact) mass is 436 g/mol. The third-order valence-corrected chi connectivity index (χ3v) is 5.61. The number of carbonyl (C=O) groups is 2. The topological polar surface area (TPSA) is 58.6 Å². The first-order chi connectivity index (χ1) is 15.5. The maximum absolute atomic E-state index is 13.6. The molecule has 4 rings (SSSR count). The highest BCUT2D eigenvalue weighted by atomic mass is 19.1. The van der Waals surface area contributed by atoms with Gasteiger partial charge in [-0.3, -0.25) is 9.59 Å². The fourth-order valence-electron chi connectivity index (χ4n) is 4.02. The van der Waals surface area contributed by atoms with Gasteiger partial charge in [-0.2, -0.15) is 0 Å². The number of benzene rings is 3. The molecule has 0 spiro atoms. The zero-order chi connectivity index (χ0) is 22.7. The molecule has 0 unspecified atom stereocenters. The van der Waals surface area contributed by atoms with Gasteiger partial charge in [-0.15, -0.1) is 0 Å². The minimum absolute atomic E-state index is 0.129. The number of halogens is 2. The molecule has 1 aliphatic rings. The fraction of sp³-hybridized carbons (Fsp3) is 0.200. The minimum atomic E-state index is -0.634. The minimum Gasteiger partial charge on any atom is -0.497 e. The lowest BCUT2D eigenvalue weighted by atomic mass is 9.83. The average Bonchev–Trinajstić information content (AvgIpc) is 2.81. The molecular weight excluding hydrogens is 414 g/mol. The van der Waals surface area contributed by atoms with E-state index in [4.69, 9.17) is 4.74 Å². The molecule has 3 aromatic carbocycles. The van der Waals surface area contributed by atoms with Gasteiger partial charge in [0.2, 0.25) is 11.8 Å². The van der Waals surface area contributed by atoms with Crippen LogP contribution < -0.4 is 15.0 Å². The van der Waals surface area contributed by atoms with Crippen LogP contribution in [0.3, 0.4) is 0 Å². The number of rotatable bonds is 5. The van der Waals surface area contributed by atoms with Crippen LogP contribution in [0.5, 0.6) is 5.75 Å². The van der Waals surface area contributed by atoms with Crippen LogP contribution >= 0.6 is 0 Å². The van der Waals surface area contributed by atoms with Crippen molar-refractivity contribution in [3.63, 3.8) is 0 Å². The molecule has 0 radical (unpaired) electrons. The normalized spacial score (nSPS) is 18.3. The molecule has 7 heteroatoms. The summed E-state index contributed by atoms with van der Waals surface area (Å²) in [6.07, 6.45) is 0.520. The number of hydrogen-bond acceptors (Lipinski definition) is 3. The molecule has 1 saturated heterocycles. The van der Waals surface area contributed by atoms with Gasteiger partial charge in [0, 0.05) is 17.8 Å². The highest BCUT2D eigenvalue weighted by molar-refractivity contribution is 6.00. The first kappa shape index (κ1) is 21.5. The summed E-state index contributed by atoms with van der Waals surface area (Å²) in [5.41, 5.74) is 1.72. The summed E-state index contributed by atoms with van der Waals surface area (Å²) in [5.74, 6) is -1.18. The largest absolute Gasteiger partial charge is 0.497 e. The standard InChI is InChI=1S/C25H22F2N2O3/c1-32-21-12-10-20(11-13-21)29-23(30)15-14-22(24(29)16-2-4-17(26)5-3-16)25(31)28-19-8-6-18(27)7-9-19/h2-13,22,24H,14-15H2,1H3,(H,28,31)/t22-,24+/m1/s1. The van der Waals surface area contributed by atoms with E-state index in [9.17, 15) is 18.4 Å². The second-order valence-electron chi connectivity index (χ2n) is 7.60. The van der Waals surface area contributed by atoms with Crippen molar-refractivity contribution < 1.29 is 23.1 Å². The summed E-state index contributed by atoms with van der Waals surface area (Å²) >= 11 is 0. The summed E-state index contributed by atoms with van der Waals surface area (Å²) in [6, 6.07) is 17.7. The van der Waals surface area contributed by atoms with E-state index >= 15 is 0 Å². The van der Waals surface area contributed by atoms with E-state index in [0.29, 0.717) is 29.1 Å². The fourth-order valence-corrected chi connectivity index (χ4v) is 4.02. The third kappa shape index (κ3) is 4.46. The van der Waals surface area contributed by atoms with E-state index < -0.39 is 23.6 Å². The molecule has 0 bridgehead atoms. The Morgan fingerprint density at radius 1 is 0.938 bits per heavy atom. The molecule has 1 heterocycles. The Morgan fingerprint density at radius 3 is 2.12 bits per heavy atom. The summed E-state index contributed by atoms with van der Waals surface area (Å²) in [6.45, 7) is 0. The second-order valence-corrected chi connectivity index (χ2v) is 7.60. The summed E-state index contributed by atoms with van der Waals surface area (Å²) in [7, 11) is 1.55. The molecule has 2 atom stereocenters. The number of piperidine rings is 1. The van der Waals surface area contributed by atoms with Gasteiger partial charge >= 0.3 is 0 Å². The van der Waals surface area contributed by atoms with Crippen molar-refractivity contribution in [1.82, 2.24) is 0 Å². The van der Waals surface area contributed by atoms with Crippen molar-refractivity contribution in [2.75, 3.05) is 17.3 Å². The molecule has 5 nitrogen and oxygen atoms in total. The Kier molecular flexibility index (Phi) is 6.16. The van der Waals surface area contributed by atoms with E-state index in [0.717, 1.165) is 0 Å². The number of anilines is 2. The molecule has 0 aromatic heterocycles. The van der Waals surface area contributed by atoms with Crippen LogP contribution in [0.4, 0.5) is 20.2 Å². The molecule has 0 aliphatic carbocycles. The van der Waals surface area contributed by atoms with Crippen LogP contribution in [0, 0.1) is 17.6 Å². The molecular formula is C25H22F2N2O3. The van der Waals surface area contributed by atoms with Crippen molar-refractivity contribution in [3.05, 3.63) is 90.0 Å². The Bertz CT molecular complexity index is 1100. The maximum atomic E-state index is 13.6. The molecule has 0 saturated carbocycles. The van der Waals surface area contributed by atoms with Crippen LogP contribution in [0.25, 0.3) is 0 Å². The van der Waals surface area contributed by atoms with Gasteiger partial charge in [0.1, 0.15) is 17.4 Å². The number of amides is 2. The SMILES string of the molecule is COc1ccc(N2C(=O)CC[C@@H](C(=O)Nc3ccc(F)cc3)[C@@H]2c2ccc(F)cc2)cc1. The van der Waals surface area contributed by atoms with Crippen molar-refractivity contribution in [2.45, 2.75) is 18.9 Å². The van der Waals surface area contributed by atoms with Gasteiger partial charge in [-0.1, -0.05) is 12.1 Å². The summed E-state index contributed by atoms with van der Waals surface area (Å²) < 4.78 is 32.0. The summed E-state index contributed by atoms with van der Waals surface area (Å²) in [4.78, 5) is 27.8. The predicted octanol–water partition coefficient (Wildman–Crippen LogP) is 5.10. The first-order valence-electron chi connectivity index (χ1n) is 10.2. The van der Waals surface area contributed by atoms with Gasteiger partial charge in [-0.05, 0) is 72.6 Å². The Morgan fingerprint density at radius 2 is 1.53 bits per heavy atom. The lowest BCUT2D eigenvalue weighted by Crippen LogP contribution is -2.47. The van der Waals surface area contributed by atoms with Crippen LogP contribution in [-0.2, 0) is 9.59 Å². The molecule has 1 fully saturated rings. The van der Waals surface area contributed by atoms with Crippen molar-refractivity contribution in [1.29, 1.82) is 0 Å². The van der Waals surface area contributed by atoms with Gasteiger partial charge in [0.25, 0.3) is 0 Å². The van der Waals surface area contributed by atoms with E-state index in [1.165, 1.54) is 36.4 Å².